The molecule has 0 spiro atoms. The monoisotopic (exact) mass is 508 g/mol. The highest BCUT2D eigenvalue weighted by molar-refractivity contribution is 5.92. The van der Waals surface area contributed by atoms with Crippen molar-refractivity contribution in [3.05, 3.63) is 107 Å². The first-order valence-corrected chi connectivity index (χ1v) is 12.9. The van der Waals surface area contributed by atoms with Crippen LogP contribution in [0.2, 0.25) is 0 Å². The van der Waals surface area contributed by atoms with Gasteiger partial charge in [-0.3, -0.25) is 0 Å². The molecule has 1 aliphatic rings. The van der Waals surface area contributed by atoms with Crippen molar-refractivity contribution in [2.45, 2.75) is 19.8 Å². The van der Waals surface area contributed by atoms with E-state index in [2.05, 4.69) is 48.3 Å². The first-order valence-electron chi connectivity index (χ1n) is 12.9. The average Bonchev–Trinajstić information content (AvgIpc) is 2.96. The highest BCUT2D eigenvalue weighted by Crippen LogP contribution is 2.51. The van der Waals surface area contributed by atoms with Crippen LogP contribution in [0.15, 0.2) is 84.9 Å². The molecule has 1 N–H and O–H groups in total. The second kappa shape index (κ2) is 10.9. The van der Waals surface area contributed by atoms with Gasteiger partial charge < -0.3 is 24.4 Å². The summed E-state index contributed by atoms with van der Waals surface area (Å²) in [5.41, 5.74) is 6.15. The number of para-hydroxylation sites is 1. The molecule has 6 heteroatoms. The molecule has 0 aromatic heterocycles. The number of anilines is 3. The first kappa shape index (κ1) is 25.2. The van der Waals surface area contributed by atoms with Crippen molar-refractivity contribution in [1.82, 2.24) is 0 Å². The van der Waals surface area contributed by atoms with Gasteiger partial charge in [-0.1, -0.05) is 42.5 Å². The minimum absolute atomic E-state index is 0.253. The summed E-state index contributed by atoms with van der Waals surface area (Å²) in [5, 5.41) is 3.48. The highest BCUT2D eigenvalue weighted by atomic mass is 16.5. The summed E-state index contributed by atoms with van der Waals surface area (Å²) < 4.78 is 17.4. The molecule has 38 heavy (non-hydrogen) atoms. The van der Waals surface area contributed by atoms with Crippen molar-refractivity contribution in [2.24, 2.45) is 0 Å². The Kier molecular flexibility index (Phi) is 7.22. The highest BCUT2D eigenvalue weighted by Gasteiger charge is 2.33. The van der Waals surface area contributed by atoms with Gasteiger partial charge in [-0.25, -0.2) is 4.79 Å². The van der Waals surface area contributed by atoms with Crippen LogP contribution >= 0.6 is 0 Å². The van der Waals surface area contributed by atoms with Crippen LogP contribution in [0.3, 0.4) is 0 Å². The molecule has 0 bridgehead atoms. The van der Waals surface area contributed by atoms with Gasteiger partial charge in [-0.2, -0.15) is 0 Å². The number of methoxy groups -OCH3 is 2. The van der Waals surface area contributed by atoms with Gasteiger partial charge in [0.1, 0.15) is 17.2 Å². The Morgan fingerprint density at radius 1 is 0.842 bits per heavy atom. The van der Waals surface area contributed by atoms with Crippen molar-refractivity contribution < 1.29 is 19.0 Å². The van der Waals surface area contributed by atoms with Gasteiger partial charge >= 0.3 is 5.97 Å². The zero-order chi connectivity index (χ0) is 26.6. The Bertz CT molecular complexity index is 1450. The number of benzene rings is 4. The third-order valence-corrected chi connectivity index (χ3v) is 7.03. The van der Waals surface area contributed by atoms with E-state index in [4.69, 9.17) is 14.2 Å². The summed E-state index contributed by atoms with van der Waals surface area (Å²) in [6.45, 7) is 6.06. The molecule has 6 nitrogen and oxygen atoms in total. The number of ether oxygens (including phenoxy) is 3. The number of carbonyl (C=O) groups excluding carboxylic acids is 1. The van der Waals surface area contributed by atoms with E-state index < -0.39 is 0 Å². The number of fused-ring (bicyclic) bond motifs is 2. The van der Waals surface area contributed by atoms with Crippen LogP contribution in [-0.4, -0.2) is 33.3 Å². The van der Waals surface area contributed by atoms with E-state index in [9.17, 15) is 4.79 Å². The molecule has 0 saturated carbocycles. The lowest BCUT2D eigenvalue weighted by atomic mass is 9.80. The second-order valence-corrected chi connectivity index (χ2v) is 9.09. The molecule has 5 rings (SSSR count). The molecule has 0 fully saturated rings. The summed E-state index contributed by atoms with van der Waals surface area (Å²) in [5.74, 6) is 1.49. The zero-order valence-electron chi connectivity index (χ0n) is 22.2. The predicted molar refractivity (Wildman–Crippen MR) is 152 cm³/mol. The Labute approximate surface area is 223 Å². The predicted octanol–water partition coefficient (Wildman–Crippen LogP) is 7.36. The van der Waals surface area contributed by atoms with E-state index in [-0.39, 0.29) is 11.9 Å². The van der Waals surface area contributed by atoms with Gasteiger partial charge in [0.15, 0.2) is 0 Å². The van der Waals surface area contributed by atoms with Gasteiger partial charge in [0.25, 0.3) is 0 Å². The quantitative estimate of drug-likeness (QED) is 0.221. The molecule has 0 radical (unpaired) electrons. The molecular formula is C32H32N2O4. The number of nitrogens with one attached hydrogen (secondary N) is 1. The van der Waals surface area contributed by atoms with Gasteiger partial charge in [-0.05, 0) is 49.7 Å². The van der Waals surface area contributed by atoms with Crippen molar-refractivity contribution in [2.75, 3.05) is 37.5 Å². The maximum Gasteiger partial charge on any atom is 0.338 e. The molecule has 0 amide bonds. The van der Waals surface area contributed by atoms with Crippen molar-refractivity contribution in [3.8, 4) is 17.2 Å². The van der Waals surface area contributed by atoms with Gasteiger partial charge in [0.2, 0.25) is 0 Å². The number of esters is 1. The molecule has 1 heterocycles. The van der Waals surface area contributed by atoms with Crippen LogP contribution in [0.1, 0.15) is 46.8 Å². The normalized spacial score (nSPS) is 13.5. The molecule has 1 atom stereocenters. The fourth-order valence-corrected chi connectivity index (χ4v) is 5.14. The fourth-order valence-electron chi connectivity index (χ4n) is 5.14. The van der Waals surface area contributed by atoms with E-state index >= 15 is 0 Å². The Morgan fingerprint density at radius 2 is 1.55 bits per heavy atom. The maximum absolute atomic E-state index is 12.8. The third-order valence-electron chi connectivity index (χ3n) is 7.03. The van der Waals surface area contributed by atoms with Crippen molar-refractivity contribution >= 4 is 23.0 Å². The van der Waals surface area contributed by atoms with Crippen molar-refractivity contribution in [3.63, 3.8) is 0 Å². The molecule has 1 unspecified atom stereocenters. The van der Waals surface area contributed by atoms with E-state index in [0.29, 0.717) is 17.1 Å². The number of hydrogen-bond acceptors (Lipinski definition) is 6. The molecular weight excluding hydrogens is 476 g/mol. The number of carbonyl (C=O) groups is 1. The topological polar surface area (TPSA) is 60.0 Å². The Balaban J connectivity index is 1.72. The van der Waals surface area contributed by atoms with Crippen LogP contribution in [0.5, 0.6) is 17.2 Å². The molecule has 1 aliphatic heterocycles. The maximum atomic E-state index is 12.8. The summed E-state index contributed by atoms with van der Waals surface area (Å²) in [4.78, 5) is 15.1. The molecule has 4 aromatic rings. The van der Waals surface area contributed by atoms with Crippen LogP contribution in [-0.2, 0) is 4.74 Å². The van der Waals surface area contributed by atoms with Crippen molar-refractivity contribution in [1.29, 1.82) is 0 Å². The van der Waals surface area contributed by atoms with Crippen LogP contribution in [0, 0.1) is 0 Å². The largest absolute Gasteiger partial charge is 0.494 e. The van der Waals surface area contributed by atoms with Gasteiger partial charge in [0.05, 0.1) is 25.5 Å². The zero-order valence-corrected chi connectivity index (χ0v) is 22.2. The van der Waals surface area contributed by atoms with E-state index in [1.54, 1.807) is 7.11 Å². The van der Waals surface area contributed by atoms with Crippen LogP contribution in [0.4, 0.5) is 17.1 Å². The summed E-state index contributed by atoms with van der Waals surface area (Å²) in [6.07, 6.45) is 0. The SMILES string of the molecule is CCN(CC)c1ccc2c(c1)Oc1cc(OC)c(Nc3ccccc3)cc1C2c1ccccc1C(=O)OC. The summed E-state index contributed by atoms with van der Waals surface area (Å²) >= 11 is 0. The molecule has 194 valence electrons. The Hall–Kier alpha value is -4.45. The fraction of sp³-hybridized carbons (Fsp3) is 0.219. The molecule has 4 aromatic carbocycles. The standard InChI is InChI=1S/C32H32N2O4/c1-5-34(6-2)22-16-17-25-28(18-22)38-29-20-30(36-3)27(33-21-12-8-7-9-13-21)19-26(29)31(25)23-14-10-11-15-24(23)32(35)37-4/h7-20,31,33H,5-6H2,1-4H3. The van der Waals surface area contributed by atoms with Crippen LogP contribution in [0.25, 0.3) is 0 Å². The van der Waals surface area contributed by atoms with E-state index in [0.717, 1.165) is 52.6 Å². The smallest absolute Gasteiger partial charge is 0.338 e. The lowest BCUT2D eigenvalue weighted by Gasteiger charge is -2.32. The first-order chi connectivity index (χ1) is 18.6. The van der Waals surface area contributed by atoms with Crippen LogP contribution < -0.4 is 19.7 Å². The van der Waals surface area contributed by atoms with E-state index in [1.165, 1.54) is 7.11 Å². The minimum Gasteiger partial charge on any atom is -0.494 e. The summed E-state index contributed by atoms with van der Waals surface area (Å²) in [7, 11) is 3.06. The lowest BCUT2D eigenvalue weighted by Crippen LogP contribution is -2.22. The van der Waals surface area contributed by atoms with Gasteiger partial charge in [-0.15, -0.1) is 0 Å². The molecule has 0 saturated heterocycles. The summed E-state index contributed by atoms with van der Waals surface area (Å²) in [6, 6.07) is 27.9. The number of rotatable bonds is 8. The van der Waals surface area contributed by atoms with E-state index in [1.807, 2.05) is 60.7 Å². The Morgan fingerprint density at radius 3 is 2.26 bits per heavy atom. The number of nitrogens with zero attached hydrogens (tertiary/aromatic N) is 1. The minimum atomic E-state index is -0.369. The number of hydrogen-bond donors (Lipinski definition) is 1. The average molecular weight is 509 g/mol. The lowest BCUT2D eigenvalue weighted by molar-refractivity contribution is 0.0599. The van der Waals surface area contributed by atoms with Gasteiger partial charge in [0, 0.05) is 53.6 Å². The molecule has 0 aliphatic carbocycles. The second-order valence-electron chi connectivity index (χ2n) is 9.09. The third kappa shape index (κ3) is 4.65.